The third-order valence-corrected chi connectivity index (χ3v) is 3.32. The largest absolute Gasteiger partial charge is 0.377 e. The molecule has 0 aromatic heterocycles. The van der Waals surface area contributed by atoms with E-state index < -0.39 is 0 Å². The molecule has 0 aliphatic carbocycles. The van der Waals surface area contributed by atoms with E-state index in [0.29, 0.717) is 92.4 Å². The van der Waals surface area contributed by atoms with Crippen molar-refractivity contribution >= 4 is 5.91 Å². The maximum atomic E-state index is 11.6. The summed E-state index contributed by atoms with van der Waals surface area (Å²) in [5.74, 6) is 0.0161. The molecule has 1 saturated heterocycles. The van der Waals surface area contributed by atoms with Crippen LogP contribution >= 0.6 is 0 Å². The molecule has 1 rings (SSSR count). The molecule has 1 heterocycles. The molecule has 1 amide bonds. The van der Waals surface area contributed by atoms with Crippen molar-refractivity contribution in [3.05, 3.63) is 0 Å². The van der Waals surface area contributed by atoms with Crippen LogP contribution in [0.15, 0.2) is 0 Å². The molecule has 0 atom stereocenters. The SMILES string of the molecule is CC(=O)N1CCOCCOCCOCCOCCOCCOCC1. The second kappa shape index (κ2) is 15.7. The Balaban J connectivity index is 2.21. The molecule has 0 aromatic rings. The van der Waals surface area contributed by atoms with E-state index in [4.69, 9.17) is 28.4 Å². The van der Waals surface area contributed by atoms with Crippen molar-refractivity contribution in [1.29, 1.82) is 0 Å². The maximum absolute atomic E-state index is 11.6. The predicted octanol–water partition coefficient (Wildman–Crippen LogP) is -0.0519. The minimum absolute atomic E-state index is 0.0161. The highest BCUT2D eigenvalue weighted by molar-refractivity contribution is 5.73. The second-order valence-electron chi connectivity index (χ2n) is 5.18. The molecule has 8 heteroatoms. The first kappa shape index (κ1) is 21.3. The minimum Gasteiger partial charge on any atom is -0.377 e. The Hall–Kier alpha value is -0.770. The van der Waals surface area contributed by atoms with Gasteiger partial charge >= 0.3 is 0 Å². The number of carbonyl (C=O) groups is 1. The fourth-order valence-electron chi connectivity index (χ4n) is 1.98. The molecule has 142 valence electrons. The zero-order chi connectivity index (χ0) is 17.3. The van der Waals surface area contributed by atoms with Crippen LogP contribution in [0.25, 0.3) is 0 Å². The van der Waals surface area contributed by atoms with Gasteiger partial charge in [-0.05, 0) is 0 Å². The number of amides is 1. The molecule has 0 radical (unpaired) electrons. The van der Waals surface area contributed by atoms with E-state index in [-0.39, 0.29) is 5.91 Å². The summed E-state index contributed by atoms with van der Waals surface area (Å²) >= 11 is 0. The van der Waals surface area contributed by atoms with Gasteiger partial charge in [-0.1, -0.05) is 0 Å². The standard InChI is InChI=1S/C16H31NO7/c1-16(18)17-2-4-19-6-8-21-10-12-23-14-15-24-13-11-22-9-7-20-5-3-17/h2-15H2,1H3. The van der Waals surface area contributed by atoms with Gasteiger partial charge in [-0.25, -0.2) is 0 Å². The molecule has 0 N–H and O–H groups in total. The van der Waals surface area contributed by atoms with Crippen molar-refractivity contribution in [3.63, 3.8) is 0 Å². The van der Waals surface area contributed by atoms with E-state index in [2.05, 4.69) is 0 Å². The summed E-state index contributed by atoms with van der Waals surface area (Å²) in [4.78, 5) is 13.3. The molecule has 1 fully saturated rings. The van der Waals surface area contributed by atoms with Gasteiger partial charge in [0.2, 0.25) is 5.91 Å². The van der Waals surface area contributed by atoms with Crippen LogP contribution in [0.1, 0.15) is 6.92 Å². The van der Waals surface area contributed by atoms with Crippen LogP contribution in [0.4, 0.5) is 0 Å². The first-order valence-electron chi connectivity index (χ1n) is 8.52. The Kier molecular flexibility index (Phi) is 14.0. The van der Waals surface area contributed by atoms with Crippen molar-refractivity contribution in [2.24, 2.45) is 0 Å². The lowest BCUT2D eigenvalue weighted by Crippen LogP contribution is -2.35. The Labute approximate surface area is 144 Å². The quantitative estimate of drug-likeness (QED) is 0.607. The number of ether oxygens (including phenoxy) is 6. The Morgan fingerprint density at radius 2 is 0.792 bits per heavy atom. The van der Waals surface area contributed by atoms with Crippen molar-refractivity contribution in [2.75, 3.05) is 92.4 Å². The van der Waals surface area contributed by atoms with Crippen molar-refractivity contribution in [1.82, 2.24) is 4.90 Å². The number of nitrogens with zero attached hydrogens (tertiary/aromatic N) is 1. The van der Waals surface area contributed by atoms with Crippen LogP contribution in [0, 0.1) is 0 Å². The van der Waals surface area contributed by atoms with Crippen LogP contribution in [0.2, 0.25) is 0 Å². The predicted molar refractivity (Wildman–Crippen MR) is 87.2 cm³/mol. The molecular formula is C16H31NO7. The van der Waals surface area contributed by atoms with Crippen molar-refractivity contribution < 1.29 is 33.2 Å². The van der Waals surface area contributed by atoms with E-state index in [9.17, 15) is 4.79 Å². The lowest BCUT2D eigenvalue weighted by Gasteiger charge is -2.21. The summed E-state index contributed by atoms with van der Waals surface area (Å²) in [6, 6.07) is 0. The highest BCUT2D eigenvalue weighted by Gasteiger charge is 2.08. The van der Waals surface area contributed by atoms with E-state index >= 15 is 0 Å². The zero-order valence-electron chi connectivity index (χ0n) is 14.7. The first-order chi connectivity index (χ1) is 11.8. The third kappa shape index (κ3) is 12.6. The van der Waals surface area contributed by atoms with Gasteiger partial charge in [0, 0.05) is 20.0 Å². The minimum atomic E-state index is 0.0161. The van der Waals surface area contributed by atoms with Gasteiger partial charge in [0.15, 0.2) is 0 Å². The molecule has 0 spiro atoms. The molecule has 1 aliphatic heterocycles. The molecule has 24 heavy (non-hydrogen) atoms. The summed E-state index contributed by atoms with van der Waals surface area (Å²) in [6.45, 7) is 8.88. The molecule has 8 nitrogen and oxygen atoms in total. The van der Waals surface area contributed by atoms with E-state index in [1.807, 2.05) is 0 Å². The van der Waals surface area contributed by atoms with Crippen molar-refractivity contribution in [2.45, 2.75) is 6.92 Å². The maximum Gasteiger partial charge on any atom is 0.219 e. The average molecular weight is 349 g/mol. The lowest BCUT2D eigenvalue weighted by atomic mass is 10.4. The van der Waals surface area contributed by atoms with Crippen LogP contribution in [0.3, 0.4) is 0 Å². The summed E-state index contributed by atoms with van der Waals surface area (Å²) in [6.07, 6.45) is 0. The van der Waals surface area contributed by atoms with Gasteiger partial charge in [-0.15, -0.1) is 0 Å². The third-order valence-electron chi connectivity index (χ3n) is 3.32. The highest BCUT2D eigenvalue weighted by Crippen LogP contribution is 1.92. The number of carbonyl (C=O) groups excluding carboxylic acids is 1. The van der Waals surface area contributed by atoms with Gasteiger partial charge in [0.25, 0.3) is 0 Å². The van der Waals surface area contributed by atoms with Crippen LogP contribution in [-0.2, 0) is 33.2 Å². The van der Waals surface area contributed by atoms with Crippen LogP contribution in [-0.4, -0.2) is 103 Å². The van der Waals surface area contributed by atoms with E-state index in [0.717, 1.165) is 0 Å². The highest BCUT2D eigenvalue weighted by atomic mass is 16.6. The Bertz CT molecular complexity index is 282. The van der Waals surface area contributed by atoms with Crippen LogP contribution in [0.5, 0.6) is 0 Å². The summed E-state index contributed by atoms with van der Waals surface area (Å²) < 4.78 is 32.5. The molecule has 0 bridgehead atoms. The van der Waals surface area contributed by atoms with Crippen molar-refractivity contribution in [3.8, 4) is 0 Å². The smallest absolute Gasteiger partial charge is 0.219 e. The summed E-state index contributed by atoms with van der Waals surface area (Å²) in [5.41, 5.74) is 0. The topological polar surface area (TPSA) is 75.7 Å². The molecule has 1 aliphatic rings. The Morgan fingerprint density at radius 3 is 1.04 bits per heavy atom. The molecule has 0 unspecified atom stereocenters. The van der Waals surface area contributed by atoms with Crippen LogP contribution < -0.4 is 0 Å². The normalized spacial score (nSPS) is 22.5. The van der Waals surface area contributed by atoms with Gasteiger partial charge in [0.05, 0.1) is 79.3 Å². The second-order valence-corrected chi connectivity index (χ2v) is 5.18. The van der Waals surface area contributed by atoms with E-state index in [1.165, 1.54) is 0 Å². The fraction of sp³-hybridized carbons (Fsp3) is 0.938. The molecule has 0 aromatic carbocycles. The zero-order valence-corrected chi connectivity index (χ0v) is 14.7. The average Bonchev–Trinajstić information content (AvgIpc) is 2.57. The molecular weight excluding hydrogens is 318 g/mol. The number of hydrogen-bond donors (Lipinski definition) is 0. The van der Waals surface area contributed by atoms with Gasteiger partial charge in [-0.2, -0.15) is 0 Å². The number of rotatable bonds is 0. The summed E-state index contributed by atoms with van der Waals surface area (Å²) in [5, 5.41) is 0. The van der Waals surface area contributed by atoms with Gasteiger partial charge < -0.3 is 33.3 Å². The Morgan fingerprint density at radius 1 is 0.542 bits per heavy atom. The number of hydrogen-bond acceptors (Lipinski definition) is 7. The fourth-order valence-corrected chi connectivity index (χ4v) is 1.98. The molecule has 0 saturated carbocycles. The first-order valence-corrected chi connectivity index (χ1v) is 8.52. The summed E-state index contributed by atoms with van der Waals surface area (Å²) in [7, 11) is 0. The van der Waals surface area contributed by atoms with E-state index in [1.54, 1.807) is 11.8 Å². The monoisotopic (exact) mass is 349 g/mol. The van der Waals surface area contributed by atoms with Gasteiger partial charge in [0.1, 0.15) is 0 Å². The lowest BCUT2D eigenvalue weighted by molar-refractivity contribution is -0.130. The van der Waals surface area contributed by atoms with Gasteiger partial charge in [-0.3, -0.25) is 4.79 Å².